The Kier molecular flexibility index (Phi) is 4.97. The Hall–Kier alpha value is -2.97. The quantitative estimate of drug-likeness (QED) is 0.642. The first kappa shape index (κ1) is 18.4. The number of hydrogen-bond acceptors (Lipinski definition) is 4. The molecule has 1 aromatic heterocycles. The second-order valence-electron chi connectivity index (χ2n) is 6.73. The SMILES string of the molecule is O=C(Nc1ccnn1Cc1ccccc1)c1ccc(S(=O)(=O)NC2CC2)cc1. The molecule has 1 saturated carbocycles. The fourth-order valence-electron chi connectivity index (χ4n) is 2.78. The lowest BCUT2D eigenvalue weighted by Gasteiger charge is -2.10. The molecule has 2 N–H and O–H groups in total. The predicted octanol–water partition coefficient (Wildman–Crippen LogP) is 2.62. The van der Waals surface area contributed by atoms with Gasteiger partial charge in [-0.2, -0.15) is 5.10 Å². The van der Waals surface area contributed by atoms with Crippen LogP contribution in [0.4, 0.5) is 5.82 Å². The summed E-state index contributed by atoms with van der Waals surface area (Å²) in [7, 11) is -3.53. The van der Waals surface area contributed by atoms with E-state index in [-0.39, 0.29) is 16.8 Å². The van der Waals surface area contributed by atoms with Crippen molar-refractivity contribution in [3.8, 4) is 0 Å². The smallest absolute Gasteiger partial charge is 0.256 e. The van der Waals surface area contributed by atoms with Crippen molar-refractivity contribution in [1.29, 1.82) is 0 Å². The highest BCUT2D eigenvalue weighted by atomic mass is 32.2. The number of nitrogens with one attached hydrogen (secondary N) is 2. The molecule has 0 aliphatic heterocycles. The molecule has 8 heteroatoms. The number of carbonyl (C=O) groups excluding carboxylic acids is 1. The van der Waals surface area contributed by atoms with E-state index in [2.05, 4.69) is 15.1 Å². The zero-order chi connectivity index (χ0) is 19.6. The van der Waals surface area contributed by atoms with Gasteiger partial charge >= 0.3 is 0 Å². The van der Waals surface area contributed by atoms with Crippen molar-refractivity contribution in [3.05, 3.63) is 78.0 Å². The van der Waals surface area contributed by atoms with Gasteiger partial charge in [0.2, 0.25) is 10.0 Å². The normalized spacial score (nSPS) is 14.0. The maximum absolute atomic E-state index is 12.5. The zero-order valence-electron chi connectivity index (χ0n) is 15.1. The van der Waals surface area contributed by atoms with E-state index in [4.69, 9.17) is 0 Å². The summed E-state index contributed by atoms with van der Waals surface area (Å²) >= 11 is 0. The Morgan fingerprint density at radius 3 is 2.43 bits per heavy atom. The molecule has 1 aliphatic rings. The highest BCUT2D eigenvalue weighted by molar-refractivity contribution is 7.89. The van der Waals surface area contributed by atoms with E-state index in [9.17, 15) is 13.2 Å². The van der Waals surface area contributed by atoms with E-state index in [1.807, 2.05) is 30.3 Å². The van der Waals surface area contributed by atoms with E-state index in [1.165, 1.54) is 24.3 Å². The minimum atomic E-state index is -3.53. The zero-order valence-corrected chi connectivity index (χ0v) is 15.9. The number of aromatic nitrogens is 2. The van der Waals surface area contributed by atoms with Gasteiger partial charge in [-0.3, -0.25) is 4.79 Å². The molecule has 0 spiro atoms. The van der Waals surface area contributed by atoms with Crippen LogP contribution in [0.3, 0.4) is 0 Å². The molecule has 0 saturated heterocycles. The molecule has 7 nitrogen and oxygen atoms in total. The molecule has 1 amide bonds. The Labute approximate surface area is 163 Å². The molecule has 4 rings (SSSR count). The first-order valence-electron chi connectivity index (χ1n) is 9.01. The molecule has 0 unspecified atom stereocenters. The number of rotatable bonds is 7. The second-order valence-corrected chi connectivity index (χ2v) is 8.45. The Balaban J connectivity index is 1.45. The molecule has 1 fully saturated rings. The van der Waals surface area contributed by atoms with Crippen LogP contribution in [0.2, 0.25) is 0 Å². The predicted molar refractivity (Wildman–Crippen MR) is 106 cm³/mol. The van der Waals surface area contributed by atoms with E-state index in [0.717, 1.165) is 18.4 Å². The molecule has 2 aromatic carbocycles. The Morgan fingerprint density at radius 2 is 1.75 bits per heavy atom. The topological polar surface area (TPSA) is 93.1 Å². The molecule has 0 radical (unpaired) electrons. The lowest BCUT2D eigenvalue weighted by Crippen LogP contribution is -2.25. The van der Waals surface area contributed by atoms with Gasteiger partial charge in [-0.1, -0.05) is 30.3 Å². The fourth-order valence-corrected chi connectivity index (χ4v) is 4.09. The van der Waals surface area contributed by atoms with Crippen molar-refractivity contribution in [2.24, 2.45) is 0 Å². The first-order chi connectivity index (χ1) is 13.5. The average Bonchev–Trinajstić information content (AvgIpc) is 3.40. The van der Waals surface area contributed by atoms with Crippen molar-refractivity contribution in [3.63, 3.8) is 0 Å². The summed E-state index contributed by atoms with van der Waals surface area (Å²) in [6, 6.07) is 17.5. The number of hydrogen-bond donors (Lipinski definition) is 2. The number of amides is 1. The standard InChI is InChI=1S/C20H20N4O3S/c25-20(16-6-10-18(11-7-16)28(26,27)23-17-8-9-17)22-19-12-13-21-24(19)14-15-4-2-1-3-5-15/h1-7,10-13,17,23H,8-9,14H2,(H,22,25). The number of benzene rings is 2. The highest BCUT2D eigenvalue weighted by Gasteiger charge is 2.28. The summed E-state index contributed by atoms with van der Waals surface area (Å²) in [5.41, 5.74) is 1.44. The van der Waals surface area contributed by atoms with Crippen molar-refractivity contribution >= 4 is 21.7 Å². The molecule has 144 valence electrons. The van der Waals surface area contributed by atoms with Gasteiger partial charge in [0.1, 0.15) is 5.82 Å². The maximum atomic E-state index is 12.5. The number of nitrogens with zero attached hydrogens (tertiary/aromatic N) is 2. The largest absolute Gasteiger partial charge is 0.307 e. The highest BCUT2D eigenvalue weighted by Crippen LogP contribution is 2.22. The second kappa shape index (κ2) is 7.57. The third kappa shape index (κ3) is 4.29. The first-order valence-corrected chi connectivity index (χ1v) is 10.5. The summed E-state index contributed by atoms with van der Waals surface area (Å²) in [6.45, 7) is 0.535. The number of carbonyl (C=O) groups is 1. The summed E-state index contributed by atoms with van der Waals surface area (Å²) in [5, 5.41) is 7.08. The van der Waals surface area contributed by atoms with Gasteiger partial charge in [0, 0.05) is 17.7 Å². The molecule has 0 bridgehead atoms. The van der Waals surface area contributed by atoms with Crippen molar-refractivity contribution in [2.75, 3.05) is 5.32 Å². The Morgan fingerprint density at radius 1 is 1.04 bits per heavy atom. The van der Waals surface area contributed by atoms with Crippen LogP contribution in [0.1, 0.15) is 28.8 Å². The van der Waals surface area contributed by atoms with Crippen molar-refractivity contribution in [2.45, 2.75) is 30.3 Å². The maximum Gasteiger partial charge on any atom is 0.256 e. The van der Waals surface area contributed by atoms with Crippen molar-refractivity contribution in [1.82, 2.24) is 14.5 Å². The minimum absolute atomic E-state index is 0.0397. The summed E-state index contributed by atoms with van der Waals surface area (Å²) in [5.74, 6) is 0.245. The Bertz CT molecular complexity index is 1070. The van der Waals surface area contributed by atoms with E-state index in [0.29, 0.717) is 17.9 Å². The molecular weight excluding hydrogens is 376 g/mol. The molecule has 3 aromatic rings. The minimum Gasteiger partial charge on any atom is -0.307 e. The monoisotopic (exact) mass is 396 g/mol. The molecule has 0 atom stereocenters. The van der Waals surface area contributed by atoms with Crippen molar-refractivity contribution < 1.29 is 13.2 Å². The van der Waals surface area contributed by atoms with Crippen LogP contribution >= 0.6 is 0 Å². The van der Waals surface area contributed by atoms with Crippen LogP contribution in [0.5, 0.6) is 0 Å². The van der Waals surface area contributed by atoms with Crippen LogP contribution in [0, 0.1) is 0 Å². The molecule has 28 heavy (non-hydrogen) atoms. The van der Waals surface area contributed by atoms with Crippen LogP contribution in [0.25, 0.3) is 0 Å². The number of sulfonamides is 1. The van der Waals surface area contributed by atoms with Gasteiger partial charge in [0.15, 0.2) is 0 Å². The van der Waals surface area contributed by atoms with Crippen LogP contribution < -0.4 is 10.0 Å². The van der Waals surface area contributed by atoms with Crippen LogP contribution in [-0.2, 0) is 16.6 Å². The molecule has 1 aliphatic carbocycles. The van der Waals surface area contributed by atoms with Gasteiger partial charge in [0.05, 0.1) is 17.6 Å². The lowest BCUT2D eigenvalue weighted by molar-refractivity contribution is 0.102. The third-order valence-corrected chi connectivity index (χ3v) is 6.00. The third-order valence-electron chi connectivity index (χ3n) is 4.46. The van der Waals surface area contributed by atoms with E-state index < -0.39 is 10.0 Å². The van der Waals surface area contributed by atoms with E-state index >= 15 is 0 Å². The summed E-state index contributed by atoms with van der Waals surface area (Å²) in [4.78, 5) is 12.7. The van der Waals surface area contributed by atoms with Gasteiger partial charge in [-0.05, 0) is 42.7 Å². The van der Waals surface area contributed by atoms with Crippen LogP contribution in [-0.4, -0.2) is 30.1 Å². The van der Waals surface area contributed by atoms with Gasteiger partial charge in [0.25, 0.3) is 5.91 Å². The number of anilines is 1. The van der Waals surface area contributed by atoms with E-state index in [1.54, 1.807) is 16.9 Å². The molecular formula is C20H20N4O3S. The van der Waals surface area contributed by atoms with Gasteiger partial charge < -0.3 is 5.32 Å². The molecule has 1 heterocycles. The summed E-state index contributed by atoms with van der Waals surface area (Å²) < 4.78 is 28.8. The van der Waals surface area contributed by atoms with Crippen LogP contribution in [0.15, 0.2) is 71.8 Å². The average molecular weight is 396 g/mol. The van der Waals surface area contributed by atoms with Gasteiger partial charge in [-0.25, -0.2) is 17.8 Å². The van der Waals surface area contributed by atoms with Gasteiger partial charge in [-0.15, -0.1) is 0 Å². The fraction of sp³-hybridized carbons (Fsp3) is 0.200. The lowest BCUT2D eigenvalue weighted by atomic mass is 10.2. The summed E-state index contributed by atoms with van der Waals surface area (Å²) in [6.07, 6.45) is 3.37.